The van der Waals surface area contributed by atoms with Crippen molar-refractivity contribution in [2.75, 3.05) is 13.1 Å². The lowest BCUT2D eigenvalue weighted by Gasteiger charge is -2.30. The van der Waals surface area contributed by atoms with Crippen LogP contribution in [0.3, 0.4) is 0 Å². The van der Waals surface area contributed by atoms with Gasteiger partial charge in [0, 0.05) is 10.9 Å². The van der Waals surface area contributed by atoms with Gasteiger partial charge in [-0.05, 0) is 43.5 Å². The van der Waals surface area contributed by atoms with Gasteiger partial charge in [-0.15, -0.1) is 0 Å². The second-order valence-electron chi connectivity index (χ2n) is 5.00. The van der Waals surface area contributed by atoms with Crippen molar-refractivity contribution in [2.24, 2.45) is 5.92 Å². The van der Waals surface area contributed by atoms with E-state index in [4.69, 9.17) is 16.0 Å². The molecule has 0 radical (unpaired) electrons. The highest BCUT2D eigenvalue weighted by Gasteiger charge is 2.27. The normalized spacial score (nSPS) is 24.6. The zero-order valence-corrected chi connectivity index (χ0v) is 10.9. The topological polar surface area (TPSA) is 25.2 Å². The number of hydrogen-bond acceptors (Lipinski definition) is 2. The molecule has 0 unspecified atom stereocenters. The first kappa shape index (κ1) is 12.0. The summed E-state index contributed by atoms with van der Waals surface area (Å²) in [6.07, 6.45) is 2.57. The van der Waals surface area contributed by atoms with Crippen LogP contribution in [0.1, 0.15) is 24.8 Å². The Bertz CT molecular complexity index is 580. The molecule has 1 aromatic heterocycles. The summed E-state index contributed by atoms with van der Waals surface area (Å²) in [5.74, 6) is 0.436. The number of rotatable bonds is 1. The van der Waals surface area contributed by atoms with E-state index in [2.05, 4.69) is 12.2 Å². The zero-order chi connectivity index (χ0) is 12.7. The predicted octanol–water partition coefficient (Wildman–Crippen LogP) is 3.94. The van der Waals surface area contributed by atoms with Gasteiger partial charge >= 0.3 is 0 Å². The summed E-state index contributed by atoms with van der Waals surface area (Å²) < 4.78 is 19.4. The molecule has 0 saturated carbocycles. The van der Waals surface area contributed by atoms with E-state index in [0.717, 1.165) is 30.7 Å². The van der Waals surface area contributed by atoms with Crippen LogP contribution in [0.5, 0.6) is 0 Å². The van der Waals surface area contributed by atoms with E-state index in [-0.39, 0.29) is 10.8 Å². The lowest BCUT2D eigenvalue weighted by Crippen LogP contribution is -2.33. The van der Waals surface area contributed by atoms with E-state index in [1.807, 2.05) is 0 Å². The van der Waals surface area contributed by atoms with Crippen LogP contribution in [0.15, 0.2) is 22.8 Å². The van der Waals surface area contributed by atoms with Gasteiger partial charge in [-0.1, -0.05) is 18.5 Å². The van der Waals surface area contributed by atoms with Crippen molar-refractivity contribution >= 4 is 22.6 Å². The molecule has 0 amide bonds. The van der Waals surface area contributed by atoms with Gasteiger partial charge in [0.15, 0.2) is 0 Å². The van der Waals surface area contributed by atoms with Crippen molar-refractivity contribution in [1.82, 2.24) is 5.32 Å². The predicted molar refractivity (Wildman–Crippen MR) is 70.6 cm³/mol. The van der Waals surface area contributed by atoms with Gasteiger partial charge in [0.05, 0.1) is 11.3 Å². The Morgan fingerprint density at radius 3 is 3.11 bits per heavy atom. The van der Waals surface area contributed by atoms with Crippen molar-refractivity contribution in [3.63, 3.8) is 0 Å². The average Bonchev–Trinajstić information content (AvgIpc) is 2.84. The fraction of sp³-hybridized carbons (Fsp3) is 0.429. The molecule has 0 aliphatic carbocycles. The minimum Gasteiger partial charge on any atom is -0.464 e. The lowest BCUT2D eigenvalue weighted by molar-refractivity contribution is 0.348. The maximum absolute atomic E-state index is 13.9. The molecule has 18 heavy (non-hydrogen) atoms. The van der Waals surface area contributed by atoms with Crippen LogP contribution in [0.25, 0.3) is 11.0 Å². The standard InChI is InChI=1S/C14H15ClFNO/c1-8-7-17-4-2-9(8)11-6-12(16)13(15)10-3-5-18-14(10)11/h3,5-6,8-9,17H,2,4,7H2,1H3/t8-,9+/m1/s1. The van der Waals surface area contributed by atoms with Crippen LogP contribution in [0.4, 0.5) is 4.39 Å². The van der Waals surface area contributed by atoms with E-state index in [1.165, 1.54) is 0 Å². The third-order valence-corrected chi connectivity index (χ3v) is 4.22. The Morgan fingerprint density at radius 2 is 2.33 bits per heavy atom. The average molecular weight is 268 g/mol. The van der Waals surface area contributed by atoms with E-state index >= 15 is 0 Å². The zero-order valence-electron chi connectivity index (χ0n) is 10.2. The maximum atomic E-state index is 13.9. The molecule has 0 spiro atoms. The highest BCUT2D eigenvalue weighted by Crippen LogP contribution is 2.38. The Balaban J connectivity index is 2.16. The summed E-state index contributed by atoms with van der Waals surface area (Å²) in [4.78, 5) is 0. The van der Waals surface area contributed by atoms with Crippen LogP contribution in [0, 0.1) is 11.7 Å². The smallest absolute Gasteiger partial charge is 0.142 e. The number of halogens is 2. The highest BCUT2D eigenvalue weighted by atomic mass is 35.5. The molecule has 1 N–H and O–H groups in total. The van der Waals surface area contributed by atoms with Gasteiger partial charge in [0.2, 0.25) is 0 Å². The van der Waals surface area contributed by atoms with Crippen LogP contribution < -0.4 is 5.32 Å². The number of hydrogen-bond donors (Lipinski definition) is 1. The molecular formula is C14H15ClFNO. The molecule has 1 saturated heterocycles. The first-order valence-corrected chi connectivity index (χ1v) is 6.62. The van der Waals surface area contributed by atoms with Crippen molar-refractivity contribution in [1.29, 1.82) is 0 Å². The number of benzene rings is 1. The van der Waals surface area contributed by atoms with Crippen molar-refractivity contribution in [2.45, 2.75) is 19.3 Å². The second kappa shape index (κ2) is 4.56. The summed E-state index contributed by atoms with van der Waals surface area (Å²) in [7, 11) is 0. The van der Waals surface area contributed by atoms with Gasteiger partial charge in [-0.3, -0.25) is 0 Å². The Morgan fingerprint density at radius 1 is 1.50 bits per heavy atom. The first-order valence-electron chi connectivity index (χ1n) is 6.24. The Hall–Kier alpha value is -1.06. The molecule has 2 nitrogen and oxygen atoms in total. The maximum Gasteiger partial charge on any atom is 0.142 e. The molecule has 2 atom stereocenters. The Kier molecular flexibility index (Phi) is 3.04. The van der Waals surface area contributed by atoms with Gasteiger partial charge in [0.25, 0.3) is 0 Å². The van der Waals surface area contributed by atoms with E-state index in [0.29, 0.717) is 17.2 Å². The van der Waals surface area contributed by atoms with Gasteiger partial charge in [0.1, 0.15) is 11.4 Å². The third-order valence-electron chi connectivity index (χ3n) is 3.84. The summed E-state index contributed by atoms with van der Waals surface area (Å²) in [5, 5.41) is 4.19. The number of nitrogens with one attached hydrogen (secondary N) is 1. The highest BCUT2D eigenvalue weighted by molar-refractivity contribution is 6.35. The summed E-state index contributed by atoms with van der Waals surface area (Å²) in [6.45, 7) is 4.09. The monoisotopic (exact) mass is 267 g/mol. The fourth-order valence-electron chi connectivity index (χ4n) is 2.85. The molecule has 1 aliphatic rings. The van der Waals surface area contributed by atoms with E-state index in [1.54, 1.807) is 18.4 Å². The van der Waals surface area contributed by atoms with Crippen molar-refractivity contribution in [3.05, 3.63) is 34.8 Å². The first-order chi connectivity index (χ1) is 8.68. The van der Waals surface area contributed by atoms with Gasteiger partial charge < -0.3 is 9.73 Å². The molecule has 2 aromatic rings. The molecule has 0 bridgehead atoms. The summed E-state index contributed by atoms with van der Waals surface area (Å²) in [6, 6.07) is 3.27. The van der Waals surface area contributed by atoms with Gasteiger partial charge in [-0.25, -0.2) is 4.39 Å². The lowest BCUT2D eigenvalue weighted by atomic mass is 9.82. The Labute approximate surface area is 110 Å². The third kappa shape index (κ3) is 1.82. The van der Waals surface area contributed by atoms with Crippen LogP contribution in [-0.2, 0) is 0 Å². The molecule has 4 heteroatoms. The van der Waals surface area contributed by atoms with Gasteiger partial charge in [-0.2, -0.15) is 0 Å². The molecular weight excluding hydrogens is 253 g/mol. The molecule has 2 heterocycles. The second-order valence-corrected chi connectivity index (χ2v) is 5.38. The quantitative estimate of drug-likeness (QED) is 0.847. The number of furan rings is 1. The molecule has 1 aromatic carbocycles. The van der Waals surface area contributed by atoms with Crippen LogP contribution in [-0.4, -0.2) is 13.1 Å². The summed E-state index contributed by atoms with van der Waals surface area (Å²) >= 11 is 5.97. The SMILES string of the molecule is C[C@@H]1CNCC[C@@H]1c1cc(F)c(Cl)c2ccoc12. The van der Waals surface area contributed by atoms with Crippen LogP contribution >= 0.6 is 11.6 Å². The molecule has 1 fully saturated rings. The van der Waals surface area contributed by atoms with Crippen LogP contribution in [0.2, 0.25) is 5.02 Å². The largest absolute Gasteiger partial charge is 0.464 e. The minimum absolute atomic E-state index is 0.157. The summed E-state index contributed by atoms with van der Waals surface area (Å²) in [5.41, 5.74) is 1.69. The molecule has 1 aliphatic heterocycles. The fourth-order valence-corrected chi connectivity index (χ4v) is 3.05. The van der Waals surface area contributed by atoms with E-state index in [9.17, 15) is 4.39 Å². The molecule has 96 valence electrons. The molecule has 3 rings (SSSR count). The van der Waals surface area contributed by atoms with Crippen molar-refractivity contribution < 1.29 is 8.81 Å². The minimum atomic E-state index is -0.355. The number of piperidine rings is 1. The number of fused-ring (bicyclic) bond motifs is 1. The van der Waals surface area contributed by atoms with Crippen molar-refractivity contribution in [3.8, 4) is 0 Å². The van der Waals surface area contributed by atoms with E-state index < -0.39 is 0 Å².